The summed E-state index contributed by atoms with van der Waals surface area (Å²) in [6.45, 7) is 8.81. The fourth-order valence-electron chi connectivity index (χ4n) is 1.01. The highest BCUT2D eigenvalue weighted by Gasteiger charge is 2.12. The standard InChI is InChI=1S/C9H15NS/c1-7-10-6-8(11-7)5-9(2,3)4/h6H,5H2,1-4H3. The van der Waals surface area contributed by atoms with Gasteiger partial charge in [0.2, 0.25) is 0 Å². The summed E-state index contributed by atoms with van der Waals surface area (Å²) < 4.78 is 0. The average Bonchev–Trinajstić information content (AvgIpc) is 2.10. The number of aromatic nitrogens is 1. The molecule has 0 aliphatic heterocycles. The van der Waals surface area contributed by atoms with Crippen molar-refractivity contribution in [3.8, 4) is 0 Å². The van der Waals surface area contributed by atoms with Gasteiger partial charge in [-0.25, -0.2) is 4.98 Å². The minimum absolute atomic E-state index is 0.388. The number of thiazole rings is 1. The molecule has 0 amide bonds. The first kappa shape index (κ1) is 8.72. The Bertz CT molecular complexity index is 232. The van der Waals surface area contributed by atoms with Crippen molar-refractivity contribution in [3.63, 3.8) is 0 Å². The summed E-state index contributed by atoms with van der Waals surface area (Å²) in [6.07, 6.45) is 3.13. The number of hydrogen-bond donors (Lipinski definition) is 0. The lowest BCUT2D eigenvalue weighted by molar-refractivity contribution is 0.414. The molecule has 0 saturated heterocycles. The molecule has 0 fully saturated rings. The zero-order chi connectivity index (χ0) is 8.48. The smallest absolute Gasteiger partial charge is 0.0896 e. The molecule has 0 aromatic carbocycles. The molecule has 0 spiro atoms. The monoisotopic (exact) mass is 169 g/mol. The van der Waals surface area contributed by atoms with Gasteiger partial charge in [0, 0.05) is 11.1 Å². The minimum Gasteiger partial charge on any atom is -0.250 e. The Morgan fingerprint density at radius 2 is 2.09 bits per heavy atom. The first-order valence-electron chi connectivity index (χ1n) is 3.89. The topological polar surface area (TPSA) is 12.9 Å². The van der Waals surface area contributed by atoms with Gasteiger partial charge in [-0.2, -0.15) is 0 Å². The van der Waals surface area contributed by atoms with Crippen LogP contribution in [0.5, 0.6) is 0 Å². The fourth-order valence-corrected chi connectivity index (χ4v) is 2.11. The summed E-state index contributed by atoms with van der Waals surface area (Å²) in [5.74, 6) is 0. The van der Waals surface area contributed by atoms with Crippen molar-refractivity contribution in [2.24, 2.45) is 5.41 Å². The van der Waals surface area contributed by atoms with Gasteiger partial charge in [0.25, 0.3) is 0 Å². The van der Waals surface area contributed by atoms with E-state index in [1.54, 1.807) is 11.3 Å². The molecular formula is C9H15NS. The fraction of sp³-hybridized carbons (Fsp3) is 0.667. The molecule has 1 heterocycles. The summed E-state index contributed by atoms with van der Waals surface area (Å²) >= 11 is 1.80. The van der Waals surface area contributed by atoms with E-state index < -0.39 is 0 Å². The van der Waals surface area contributed by atoms with Gasteiger partial charge in [-0.1, -0.05) is 20.8 Å². The quantitative estimate of drug-likeness (QED) is 0.629. The Kier molecular flexibility index (Phi) is 2.33. The van der Waals surface area contributed by atoms with Gasteiger partial charge in [0.1, 0.15) is 0 Å². The molecule has 0 aliphatic carbocycles. The maximum atomic E-state index is 4.22. The molecule has 1 aromatic heterocycles. The second-order valence-electron chi connectivity index (χ2n) is 4.08. The van der Waals surface area contributed by atoms with Crippen LogP contribution in [0.25, 0.3) is 0 Å². The molecule has 0 N–H and O–H groups in total. The van der Waals surface area contributed by atoms with Gasteiger partial charge < -0.3 is 0 Å². The van der Waals surface area contributed by atoms with E-state index in [1.807, 2.05) is 6.20 Å². The van der Waals surface area contributed by atoms with Crippen molar-refractivity contribution >= 4 is 11.3 Å². The summed E-state index contributed by atoms with van der Waals surface area (Å²) in [6, 6.07) is 0. The van der Waals surface area contributed by atoms with Gasteiger partial charge in [0.05, 0.1) is 5.01 Å². The molecule has 0 aliphatic rings. The minimum atomic E-state index is 0.388. The predicted octanol–water partition coefficient (Wildman–Crippen LogP) is 3.04. The lowest BCUT2D eigenvalue weighted by atomic mass is 9.92. The van der Waals surface area contributed by atoms with E-state index in [2.05, 4.69) is 32.7 Å². The highest BCUT2D eigenvalue weighted by atomic mass is 32.1. The lowest BCUT2D eigenvalue weighted by Crippen LogP contribution is -2.07. The van der Waals surface area contributed by atoms with Crippen molar-refractivity contribution in [1.82, 2.24) is 4.98 Å². The van der Waals surface area contributed by atoms with Crippen LogP contribution in [0, 0.1) is 12.3 Å². The third-order valence-electron chi connectivity index (χ3n) is 1.37. The molecule has 62 valence electrons. The van der Waals surface area contributed by atoms with Crippen LogP contribution in [0.3, 0.4) is 0 Å². The van der Waals surface area contributed by atoms with Crippen LogP contribution in [-0.4, -0.2) is 4.98 Å². The number of nitrogens with zero attached hydrogens (tertiary/aromatic N) is 1. The van der Waals surface area contributed by atoms with Crippen LogP contribution < -0.4 is 0 Å². The molecule has 2 heteroatoms. The maximum Gasteiger partial charge on any atom is 0.0896 e. The number of rotatable bonds is 1. The van der Waals surface area contributed by atoms with Crippen LogP contribution in [0.1, 0.15) is 30.7 Å². The molecule has 0 saturated carbocycles. The van der Waals surface area contributed by atoms with E-state index in [9.17, 15) is 0 Å². The number of aryl methyl sites for hydroxylation is 1. The van der Waals surface area contributed by atoms with E-state index in [0.717, 1.165) is 6.42 Å². The maximum absolute atomic E-state index is 4.22. The van der Waals surface area contributed by atoms with Crippen LogP contribution in [0.4, 0.5) is 0 Å². The van der Waals surface area contributed by atoms with E-state index in [4.69, 9.17) is 0 Å². The van der Waals surface area contributed by atoms with E-state index in [0.29, 0.717) is 5.41 Å². The Morgan fingerprint density at radius 1 is 1.45 bits per heavy atom. The molecule has 0 bridgehead atoms. The van der Waals surface area contributed by atoms with E-state index >= 15 is 0 Å². The first-order valence-corrected chi connectivity index (χ1v) is 4.70. The molecule has 0 unspecified atom stereocenters. The predicted molar refractivity (Wildman–Crippen MR) is 50.0 cm³/mol. The average molecular weight is 169 g/mol. The second-order valence-corrected chi connectivity index (χ2v) is 5.40. The van der Waals surface area contributed by atoms with E-state index in [1.165, 1.54) is 9.88 Å². The molecule has 11 heavy (non-hydrogen) atoms. The third kappa shape index (κ3) is 3.02. The molecule has 0 radical (unpaired) electrons. The van der Waals surface area contributed by atoms with Crippen molar-refractivity contribution in [1.29, 1.82) is 0 Å². The molecule has 1 nitrogen and oxygen atoms in total. The molecule has 0 atom stereocenters. The summed E-state index contributed by atoms with van der Waals surface area (Å²) in [5, 5.41) is 1.17. The van der Waals surface area contributed by atoms with Gasteiger partial charge in [-0.3, -0.25) is 0 Å². The highest BCUT2D eigenvalue weighted by molar-refractivity contribution is 7.11. The summed E-state index contributed by atoms with van der Waals surface area (Å²) in [4.78, 5) is 5.62. The Morgan fingerprint density at radius 3 is 2.45 bits per heavy atom. The Hall–Kier alpha value is -0.370. The van der Waals surface area contributed by atoms with Crippen molar-refractivity contribution in [3.05, 3.63) is 16.1 Å². The van der Waals surface area contributed by atoms with Crippen molar-refractivity contribution < 1.29 is 0 Å². The molecular weight excluding hydrogens is 154 g/mol. The van der Waals surface area contributed by atoms with Crippen LogP contribution >= 0.6 is 11.3 Å². The van der Waals surface area contributed by atoms with Crippen molar-refractivity contribution in [2.45, 2.75) is 34.1 Å². The number of hydrogen-bond acceptors (Lipinski definition) is 2. The molecule has 1 rings (SSSR count). The third-order valence-corrected chi connectivity index (χ3v) is 2.29. The second kappa shape index (κ2) is 2.94. The molecule has 1 aromatic rings. The van der Waals surface area contributed by atoms with Crippen molar-refractivity contribution in [2.75, 3.05) is 0 Å². The summed E-state index contributed by atoms with van der Waals surface area (Å²) in [5.41, 5.74) is 0.388. The van der Waals surface area contributed by atoms with E-state index in [-0.39, 0.29) is 0 Å². The van der Waals surface area contributed by atoms with Gasteiger partial charge in [-0.15, -0.1) is 11.3 Å². The zero-order valence-corrected chi connectivity index (χ0v) is 8.46. The SMILES string of the molecule is Cc1ncc(CC(C)(C)C)s1. The lowest BCUT2D eigenvalue weighted by Gasteiger charge is -2.15. The van der Waals surface area contributed by atoms with Gasteiger partial charge in [-0.05, 0) is 18.8 Å². The zero-order valence-electron chi connectivity index (χ0n) is 7.64. The van der Waals surface area contributed by atoms with Gasteiger partial charge >= 0.3 is 0 Å². The van der Waals surface area contributed by atoms with Crippen LogP contribution in [-0.2, 0) is 6.42 Å². The largest absolute Gasteiger partial charge is 0.250 e. The Labute approximate surface area is 72.5 Å². The first-order chi connectivity index (χ1) is 4.97. The summed E-state index contributed by atoms with van der Waals surface area (Å²) in [7, 11) is 0. The Balaban J connectivity index is 2.65. The van der Waals surface area contributed by atoms with Crippen LogP contribution in [0.2, 0.25) is 0 Å². The van der Waals surface area contributed by atoms with Crippen LogP contribution in [0.15, 0.2) is 6.20 Å². The normalized spacial score (nSPS) is 12.0. The highest BCUT2D eigenvalue weighted by Crippen LogP contribution is 2.23. The van der Waals surface area contributed by atoms with Gasteiger partial charge in [0.15, 0.2) is 0 Å².